The van der Waals surface area contributed by atoms with E-state index in [0.717, 1.165) is 35.6 Å². The first-order chi connectivity index (χ1) is 22.7. The largest absolute Gasteiger partial charge is 0.497 e. The molecule has 1 aliphatic carbocycles. The molecule has 0 saturated heterocycles. The van der Waals surface area contributed by atoms with E-state index in [1.165, 1.54) is 24.1 Å². The highest BCUT2D eigenvalue weighted by Gasteiger charge is 2.35. The summed E-state index contributed by atoms with van der Waals surface area (Å²) in [5, 5.41) is 3.83. The van der Waals surface area contributed by atoms with Gasteiger partial charge in [0.2, 0.25) is 11.8 Å². The number of hydrogen-bond acceptors (Lipinski definition) is 5. The second-order valence-corrected chi connectivity index (χ2v) is 14.2. The van der Waals surface area contributed by atoms with Crippen molar-refractivity contribution in [1.82, 2.24) is 10.2 Å². The molecule has 4 aromatic rings. The molecule has 4 aromatic carbocycles. The Morgan fingerprint density at radius 3 is 2.11 bits per heavy atom. The van der Waals surface area contributed by atoms with E-state index in [4.69, 9.17) is 27.9 Å². The highest BCUT2D eigenvalue weighted by molar-refractivity contribution is 7.92. The van der Waals surface area contributed by atoms with E-state index in [-0.39, 0.29) is 29.8 Å². The second kappa shape index (κ2) is 15.7. The first kappa shape index (κ1) is 34.3. The van der Waals surface area contributed by atoms with Crippen LogP contribution in [0.4, 0.5) is 5.69 Å². The maximum Gasteiger partial charge on any atom is 0.264 e. The Bertz CT molecular complexity index is 1770. The molecule has 1 saturated carbocycles. The van der Waals surface area contributed by atoms with E-state index in [9.17, 15) is 18.0 Å². The van der Waals surface area contributed by atoms with Crippen molar-refractivity contribution in [3.05, 3.63) is 124 Å². The summed E-state index contributed by atoms with van der Waals surface area (Å²) in [7, 11) is -2.73. The first-order valence-corrected chi connectivity index (χ1v) is 17.6. The maximum absolute atomic E-state index is 14.6. The lowest BCUT2D eigenvalue weighted by molar-refractivity contribution is -0.140. The molecule has 1 fully saturated rings. The summed E-state index contributed by atoms with van der Waals surface area (Å²) >= 11 is 12.6. The summed E-state index contributed by atoms with van der Waals surface area (Å²) in [4.78, 5) is 30.1. The Morgan fingerprint density at radius 2 is 1.49 bits per heavy atom. The number of hydrogen-bond donors (Lipinski definition) is 1. The average Bonchev–Trinajstić information content (AvgIpc) is 3.60. The molecule has 1 N–H and O–H groups in total. The van der Waals surface area contributed by atoms with Crippen LogP contribution < -0.4 is 14.4 Å². The molecule has 0 aromatic heterocycles. The van der Waals surface area contributed by atoms with Crippen molar-refractivity contribution in [1.29, 1.82) is 0 Å². The van der Waals surface area contributed by atoms with Gasteiger partial charge in [-0.15, -0.1) is 0 Å². The van der Waals surface area contributed by atoms with Gasteiger partial charge in [-0.2, -0.15) is 0 Å². The van der Waals surface area contributed by atoms with Gasteiger partial charge < -0.3 is 15.0 Å². The molecule has 2 amide bonds. The van der Waals surface area contributed by atoms with Crippen molar-refractivity contribution in [2.75, 3.05) is 18.0 Å². The Kier molecular flexibility index (Phi) is 11.4. The summed E-state index contributed by atoms with van der Waals surface area (Å²) in [6.45, 7) is -0.557. The van der Waals surface area contributed by atoms with Crippen molar-refractivity contribution in [3.8, 4) is 5.75 Å². The molecule has 1 atom stereocenters. The number of carbonyl (C=O) groups excluding carboxylic acids is 2. The van der Waals surface area contributed by atoms with Crippen LogP contribution >= 0.6 is 23.2 Å². The third-order valence-corrected chi connectivity index (χ3v) is 10.8. The van der Waals surface area contributed by atoms with Crippen LogP contribution in [0.25, 0.3) is 0 Å². The van der Waals surface area contributed by atoms with Crippen LogP contribution in [0.1, 0.15) is 36.8 Å². The number of methoxy groups -OCH3 is 1. The number of ether oxygens (including phenoxy) is 1. The quantitative estimate of drug-likeness (QED) is 0.164. The van der Waals surface area contributed by atoms with Crippen LogP contribution in [-0.2, 0) is 32.6 Å². The van der Waals surface area contributed by atoms with E-state index >= 15 is 0 Å². The molecule has 8 nitrogen and oxygen atoms in total. The van der Waals surface area contributed by atoms with E-state index in [1.807, 2.05) is 30.3 Å². The number of sulfonamides is 1. The third-order valence-electron chi connectivity index (χ3n) is 8.28. The topological polar surface area (TPSA) is 96.0 Å². The van der Waals surface area contributed by atoms with Gasteiger partial charge in [0, 0.05) is 19.0 Å². The fourth-order valence-corrected chi connectivity index (χ4v) is 7.49. The molecule has 0 aliphatic heterocycles. The summed E-state index contributed by atoms with van der Waals surface area (Å²) in [6.07, 6.45) is 4.01. The van der Waals surface area contributed by atoms with Crippen molar-refractivity contribution < 1.29 is 22.7 Å². The molecule has 0 heterocycles. The van der Waals surface area contributed by atoms with Crippen LogP contribution in [0, 0.1) is 0 Å². The fourth-order valence-electron chi connectivity index (χ4n) is 5.75. The first-order valence-electron chi connectivity index (χ1n) is 15.5. The summed E-state index contributed by atoms with van der Waals surface area (Å²) < 4.78 is 34.6. The molecule has 0 spiro atoms. The number of benzene rings is 4. The Hall–Kier alpha value is -4.05. The lowest BCUT2D eigenvalue weighted by Gasteiger charge is -2.34. The van der Waals surface area contributed by atoms with Gasteiger partial charge in [0.1, 0.15) is 18.3 Å². The normalized spacial score (nSPS) is 13.9. The second-order valence-electron chi connectivity index (χ2n) is 11.5. The molecule has 1 aliphatic rings. The minimum atomic E-state index is -4.23. The monoisotopic (exact) mass is 693 g/mol. The van der Waals surface area contributed by atoms with Crippen molar-refractivity contribution in [3.63, 3.8) is 0 Å². The van der Waals surface area contributed by atoms with Crippen LogP contribution in [0.15, 0.2) is 108 Å². The minimum absolute atomic E-state index is 0.00345. The van der Waals surface area contributed by atoms with Gasteiger partial charge in [0.15, 0.2) is 0 Å². The molecule has 0 radical (unpaired) electrons. The SMILES string of the molecule is COc1ccc(S(=O)(=O)N(CC(=O)N(Cc2ccc(Cl)c(Cl)c2)C(Cc2ccccc2)C(=O)NC2CCCC2)c2ccccc2)cc1. The van der Waals surface area contributed by atoms with E-state index < -0.39 is 28.5 Å². The van der Waals surface area contributed by atoms with Gasteiger partial charge in [-0.3, -0.25) is 13.9 Å². The van der Waals surface area contributed by atoms with Gasteiger partial charge >= 0.3 is 0 Å². The van der Waals surface area contributed by atoms with E-state index in [2.05, 4.69) is 5.32 Å². The number of nitrogens with one attached hydrogen (secondary N) is 1. The fraction of sp³-hybridized carbons (Fsp3) is 0.278. The van der Waals surface area contributed by atoms with Crippen molar-refractivity contribution in [2.24, 2.45) is 0 Å². The number of nitrogens with zero attached hydrogens (tertiary/aromatic N) is 2. The highest BCUT2D eigenvalue weighted by atomic mass is 35.5. The summed E-state index contributed by atoms with van der Waals surface area (Å²) in [5.74, 6) is -0.353. The Labute approximate surface area is 286 Å². The zero-order valence-electron chi connectivity index (χ0n) is 26.0. The summed E-state index contributed by atoms with van der Waals surface area (Å²) in [6, 6.07) is 28.0. The number of para-hydroxylation sites is 1. The third kappa shape index (κ3) is 8.66. The number of rotatable bonds is 13. The molecular formula is C36H37Cl2N3O5S. The highest BCUT2D eigenvalue weighted by Crippen LogP contribution is 2.28. The maximum atomic E-state index is 14.6. The molecule has 0 bridgehead atoms. The number of carbonyl (C=O) groups is 2. The van der Waals surface area contributed by atoms with Gasteiger partial charge in [-0.05, 0) is 72.5 Å². The molecular weight excluding hydrogens is 657 g/mol. The van der Waals surface area contributed by atoms with Crippen LogP contribution in [-0.4, -0.2) is 50.9 Å². The van der Waals surface area contributed by atoms with Gasteiger partial charge in [0.05, 0.1) is 27.7 Å². The summed E-state index contributed by atoms with van der Waals surface area (Å²) in [5.41, 5.74) is 1.81. The molecule has 246 valence electrons. The Morgan fingerprint density at radius 1 is 0.851 bits per heavy atom. The van der Waals surface area contributed by atoms with Crippen LogP contribution in [0.2, 0.25) is 10.0 Å². The molecule has 1 unspecified atom stereocenters. The predicted octanol–water partition coefficient (Wildman–Crippen LogP) is 6.90. The van der Waals surface area contributed by atoms with Crippen molar-refractivity contribution in [2.45, 2.75) is 55.6 Å². The number of halogens is 2. The lowest BCUT2D eigenvalue weighted by Crippen LogP contribution is -2.54. The molecule has 5 rings (SSSR count). The lowest BCUT2D eigenvalue weighted by atomic mass is 10.0. The van der Waals surface area contributed by atoms with E-state index in [0.29, 0.717) is 27.0 Å². The zero-order chi connectivity index (χ0) is 33.4. The van der Waals surface area contributed by atoms with Gasteiger partial charge in [-0.1, -0.05) is 90.6 Å². The zero-order valence-corrected chi connectivity index (χ0v) is 28.3. The van der Waals surface area contributed by atoms with Crippen LogP contribution in [0.3, 0.4) is 0 Å². The van der Waals surface area contributed by atoms with Crippen molar-refractivity contribution >= 4 is 50.7 Å². The van der Waals surface area contributed by atoms with Gasteiger partial charge in [0.25, 0.3) is 10.0 Å². The minimum Gasteiger partial charge on any atom is -0.497 e. The predicted molar refractivity (Wildman–Crippen MR) is 185 cm³/mol. The molecule has 11 heteroatoms. The number of amides is 2. The van der Waals surface area contributed by atoms with E-state index in [1.54, 1.807) is 60.7 Å². The van der Waals surface area contributed by atoms with Crippen LogP contribution in [0.5, 0.6) is 5.75 Å². The number of anilines is 1. The standard InChI is InChI=1S/C36H37Cl2N3O5S/c1-46-30-17-19-31(20-18-30)47(44,45)41(29-14-6-3-7-15-29)25-35(42)40(24-27-16-21-32(37)33(38)22-27)34(23-26-10-4-2-5-11-26)36(43)39-28-12-8-9-13-28/h2-7,10-11,14-22,28,34H,8-9,12-13,23-25H2,1H3,(H,39,43). The average molecular weight is 695 g/mol. The van der Waals surface area contributed by atoms with Gasteiger partial charge in [-0.25, -0.2) is 8.42 Å². The Balaban J connectivity index is 1.56. The smallest absolute Gasteiger partial charge is 0.264 e. The molecule has 47 heavy (non-hydrogen) atoms.